The molecule has 21 heavy (non-hydrogen) atoms. The third-order valence-corrected chi connectivity index (χ3v) is 2.78. The van der Waals surface area contributed by atoms with E-state index in [0.29, 0.717) is 12.8 Å². The molecule has 0 aromatic heterocycles. The Balaban J connectivity index is 2.21. The van der Waals surface area contributed by atoms with Crippen LogP contribution < -0.4 is 5.32 Å². The maximum atomic E-state index is 11.4. The zero-order valence-electron chi connectivity index (χ0n) is 11.6. The minimum Gasteiger partial charge on any atom is -0.465 e. The maximum absolute atomic E-state index is 11.4. The summed E-state index contributed by atoms with van der Waals surface area (Å²) in [6.07, 6.45) is 1.97. The lowest BCUT2D eigenvalue weighted by Crippen LogP contribution is -2.44. The molecule has 1 unspecified atom stereocenters. The molecule has 1 rings (SSSR count). The normalized spacial score (nSPS) is 19.3. The Morgan fingerprint density at radius 1 is 1.48 bits per heavy atom. The van der Waals surface area contributed by atoms with E-state index in [9.17, 15) is 9.59 Å². The molecule has 1 amide bonds. The Morgan fingerprint density at radius 2 is 2.29 bits per heavy atom. The molecule has 0 aromatic rings. The lowest BCUT2D eigenvalue weighted by molar-refractivity contribution is -0.169. The predicted octanol–water partition coefficient (Wildman–Crippen LogP) is 0.0521. The second-order valence-electron chi connectivity index (χ2n) is 4.39. The number of Topliss-reactive ketones (excluding diaryl/α,β-unsaturated/α-hetero) is 1. The zero-order chi connectivity index (χ0) is 15.5. The van der Waals surface area contributed by atoms with Crippen LogP contribution in [0.25, 0.3) is 5.53 Å². The van der Waals surface area contributed by atoms with Gasteiger partial charge in [-0.3, -0.25) is 4.79 Å². The fourth-order valence-electron chi connectivity index (χ4n) is 1.77. The number of ether oxygens (including phenoxy) is 3. The van der Waals surface area contributed by atoms with Crippen molar-refractivity contribution in [3.63, 3.8) is 0 Å². The van der Waals surface area contributed by atoms with Crippen molar-refractivity contribution in [2.45, 2.75) is 31.6 Å². The third-order valence-electron chi connectivity index (χ3n) is 2.78. The average molecular weight is 301 g/mol. The van der Waals surface area contributed by atoms with E-state index in [2.05, 4.69) is 4.79 Å². The number of hydrogen-bond acceptors (Lipinski definition) is 5. The summed E-state index contributed by atoms with van der Waals surface area (Å²) in [6.45, 7) is 0.991. The fourth-order valence-corrected chi connectivity index (χ4v) is 1.77. The molecule has 9 heteroatoms. The van der Waals surface area contributed by atoms with E-state index in [-0.39, 0.29) is 26.1 Å². The predicted molar refractivity (Wildman–Crippen MR) is 70.0 cm³/mol. The zero-order valence-corrected chi connectivity index (χ0v) is 11.6. The van der Waals surface area contributed by atoms with Crippen LogP contribution in [0.5, 0.6) is 0 Å². The molecule has 1 aliphatic rings. The topological polar surface area (TPSA) is 130 Å². The summed E-state index contributed by atoms with van der Waals surface area (Å²) in [7, 11) is 0. The monoisotopic (exact) mass is 301 g/mol. The first kappa shape index (κ1) is 17.3. The van der Waals surface area contributed by atoms with Crippen molar-refractivity contribution in [3.05, 3.63) is 5.53 Å². The molecule has 0 radical (unpaired) electrons. The van der Waals surface area contributed by atoms with E-state index >= 15 is 0 Å². The van der Waals surface area contributed by atoms with E-state index in [1.54, 1.807) is 0 Å². The molecule has 0 aromatic carbocycles. The van der Waals surface area contributed by atoms with Crippen LogP contribution in [-0.2, 0) is 19.0 Å². The summed E-state index contributed by atoms with van der Waals surface area (Å²) in [4.78, 5) is 24.5. The van der Waals surface area contributed by atoms with Gasteiger partial charge in [0.15, 0.2) is 6.29 Å². The van der Waals surface area contributed by atoms with Gasteiger partial charge in [0.2, 0.25) is 0 Å². The Kier molecular flexibility index (Phi) is 8.22. The Morgan fingerprint density at radius 3 is 2.90 bits per heavy atom. The van der Waals surface area contributed by atoms with Crippen molar-refractivity contribution in [3.8, 4) is 0 Å². The van der Waals surface area contributed by atoms with Gasteiger partial charge in [0.05, 0.1) is 19.8 Å². The lowest BCUT2D eigenvalue weighted by Gasteiger charge is -2.22. The molecule has 0 bridgehead atoms. The van der Waals surface area contributed by atoms with Gasteiger partial charge in [-0.2, -0.15) is 4.79 Å². The molecule has 1 aliphatic heterocycles. The van der Waals surface area contributed by atoms with E-state index < -0.39 is 17.9 Å². The van der Waals surface area contributed by atoms with Gasteiger partial charge in [-0.05, 0) is 19.3 Å². The average Bonchev–Trinajstić information content (AvgIpc) is 2.46. The van der Waals surface area contributed by atoms with Gasteiger partial charge in [0.25, 0.3) is 5.78 Å². The van der Waals surface area contributed by atoms with Crippen LogP contribution in [0.15, 0.2) is 0 Å². The minimum absolute atomic E-state index is 0.175. The Bertz CT molecular complexity index is 390. The van der Waals surface area contributed by atoms with Gasteiger partial charge in [-0.25, -0.2) is 4.79 Å². The van der Waals surface area contributed by atoms with Crippen molar-refractivity contribution in [2.75, 3.05) is 26.4 Å². The number of nitrogens with zero attached hydrogens (tertiary/aromatic N) is 2. The van der Waals surface area contributed by atoms with Gasteiger partial charge in [-0.15, -0.1) is 0 Å². The van der Waals surface area contributed by atoms with E-state index in [0.717, 1.165) is 19.3 Å². The number of rotatable bonds is 9. The van der Waals surface area contributed by atoms with Crippen LogP contribution in [0.1, 0.15) is 19.3 Å². The van der Waals surface area contributed by atoms with Crippen LogP contribution in [0.3, 0.4) is 0 Å². The summed E-state index contributed by atoms with van der Waals surface area (Å²) < 4.78 is 16.0. The highest BCUT2D eigenvalue weighted by atomic mass is 16.7. The first-order valence-corrected chi connectivity index (χ1v) is 6.65. The number of carbonyl (C=O) groups excluding carboxylic acids is 1. The van der Waals surface area contributed by atoms with Gasteiger partial charge >= 0.3 is 12.3 Å². The number of amides is 1. The largest absolute Gasteiger partial charge is 0.465 e. The number of carbonyl (C=O) groups is 2. The quantitative estimate of drug-likeness (QED) is 0.268. The Hall–Kier alpha value is -1.80. The van der Waals surface area contributed by atoms with Gasteiger partial charge < -0.3 is 30.2 Å². The summed E-state index contributed by atoms with van der Waals surface area (Å²) in [5.74, 6) is -0.698. The van der Waals surface area contributed by atoms with Crippen molar-refractivity contribution in [2.24, 2.45) is 0 Å². The van der Waals surface area contributed by atoms with Gasteiger partial charge in [0, 0.05) is 6.61 Å². The number of hydrogen-bond donors (Lipinski definition) is 2. The molecule has 1 saturated heterocycles. The summed E-state index contributed by atoms with van der Waals surface area (Å²) in [5, 5.41) is 10.6. The molecule has 118 valence electrons. The summed E-state index contributed by atoms with van der Waals surface area (Å²) in [6, 6.07) is -1.12. The standard InChI is InChI=1S/C12H19N3O6/c13-14-7-10(16)9(15-12(17)18)8-19-5-6-21-11-3-1-2-4-20-11/h7,9,11,15H,1-6,8H2,(H,17,18)/t9-,11?/m0/s1. The van der Waals surface area contributed by atoms with Crippen LogP contribution in [-0.4, -0.2) is 66.7 Å². The molecule has 0 saturated carbocycles. The maximum Gasteiger partial charge on any atom is 0.405 e. The summed E-state index contributed by atoms with van der Waals surface area (Å²) >= 11 is 0. The second-order valence-corrected chi connectivity index (χ2v) is 4.39. The number of nitrogens with one attached hydrogen (secondary N) is 1. The van der Waals surface area contributed by atoms with Crippen LogP contribution >= 0.6 is 0 Å². The minimum atomic E-state index is -1.37. The molecule has 1 heterocycles. The van der Waals surface area contributed by atoms with Crippen molar-refractivity contribution >= 4 is 18.1 Å². The SMILES string of the molecule is [N-]=[N+]=CC(=O)[C@H](COCCOC1CCCCO1)NC(=O)O. The van der Waals surface area contributed by atoms with E-state index in [1.807, 2.05) is 5.32 Å². The first-order chi connectivity index (χ1) is 10.1. The highest BCUT2D eigenvalue weighted by molar-refractivity contribution is 6.28. The van der Waals surface area contributed by atoms with Gasteiger partial charge in [-0.1, -0.05) is 0 Å². The van der Waals surface area contributed by atoms with Crippen LogP contribution in [0.4, 0.5) is 4.79 Å². The lowest BCUT2D eigenvalue weighted by atomic mass is 10.2. The smallest absolute Gasteiger partial charge is 0.405 e. The fraction of sp³-hybridized carbons (Fsp3) is 0.750. The molecule has 9 nitrogen and oxygen atoms in total. The Labute approximate surface area is 121 Å². The highest BCUT2D eigenvalue weighted by Crippen LogP contribution is 2.13. The van der Waals surface area contributed by atoms with E-state index in [1.165, 1.54) is 0 Å². The number of ketones is 1. The number of carboxylic acid groups (broad SMARTS) is 1. The van der Waals surface area contributed by atoms with Crippen molar-refractivity contribution < 1.29 is 33.7 Å². The van der Waals surface area contributed by atoms with E-state index in [4.69, 9.17) is 24.8 Å². The summed E-state index contributed by atoms with van der Waals surface area (Å²) in [5.41, 5.74) is 8.27. The first-order valence-electron chi connectivity index (χ1n) is 6.65. The molecular formula is C12H19N3O6. The molecule has 2 N–H and O–H groups in total. The van der Waals surface area contributed by atoms with Crippen LogP contribution in [0.2, 0.25) is 0 Å². The van der Waals surface area contributed by atoms with Crippen molar-refractivity contribution in [1.82, 2.24) is 5.32 Å². The molecular weight excluding hydrogens is 282 g/mol. The third kappa shape index (κ3) is 7.52. The molecule has 2 atom stereocenters. The molecule has 1 fully saturated rings. The second kappa shape index (κ2) is 10.0. The van der Waals surface area contributed by atoms with Crippen LogP contribution in [0, 0.1) is 0 Å². The molecule has 0 aliphatic carbocycles. The highest BCUT2D eigenvalue weighted by Gasteiger charge is 2.22. The van der Waals surface area contributed by atoms with Gasteiger partial charge in [0.1, 0.15) is 6.04 Å². The van der Waals surface area contributed by atoms with Crippen molar-refractivity contribution in [1.29, 1.82) is 0 Å². The molecule has 0 spiro atoms.